The van der Waals surface area contributed by atoms with E-state index in [9.17, 15) is 9.59 Å². The van der Waals surface area contributed by atoms with Gasteiger partial charge in [-0.25, -0.2) is 9.59 Å². The van der Waals surface area contributed by atoms with Crippen LogP contribution in [-0.4, -0.2) is 85.3 Å². The van der Waals surface area contributed by atoms with Crippen LogP contribution in [-0.2, 0) is 14.4 Å². The van der Waals surface area contributed by atoms with E-state index < -0.39 is 18.0 Å². The summed E-state index contributed by atoms with van der Waals surface area (Å²) in [4.78, 5) is 30.3. The summed E-state index contributed by atoms with van der Waals surface area (Å²) in [5.74, 6) is 2.08. The fourth-order valence-electron chi connectivity index (χ4n) is 3.87. The average Bonchev–Trinajstić information content (AvgIpc) is 3.43. The Morgan fingerprint density at radius 2 is 1.70 bits per heavy atom. The molecule has 1 atom stereocenters. The van der Waals surface area contributed by atoms with Crippen molar-refractivity contribution in [2.75, 3.05) is 41.5 Å². The number of terminal acetylenes is 1. The minimum atomic E-state index is -1.26. The highest BCUT2D eigenvalue weighted by atomic mass is 16.6. The number of methoxy groups -OCH3 is 2. The number of hydrogen-bond donors (Lipinski definition) is 3. The first kappa shape index (κ1) is 29.6. The lowest BCUT2D eigenvalue weighted by Crippen LogP contribution is -2.19. The lowest BCUT2D eigenvalue weighted by molar-refractivity contribution is -0.134. The molecule has 0 saturated heterocycles. The van der Waals surface area contributed by atoms with Crippen LogP contribution in [0.1, 0.15) is 18.1 Å². The molecule has 210 valence electrons. The number of carboxylic acid groups (broad SMARTS) is 2. The third-order valence-corrected chi connectivity index (χ3v) is 5.77. The van der Waals surface area contributed by atoms with Gasteiger partial charge in [0, 0.05) is 46.3 Å². The summed E-state index contributed by atoms with van der Waals surface area (Å²) in [7, 11) is 7.27. The molecule has 3 aromatic rings. The van der Waals surface area contributed by atoms with Gasteiger partial charge in [-0.3, -0.25) is 0 Å². The highest BCUT2D eigenvalue weighted by Gasteiger charge is 2.32. The SMILES string of the molecule is C#C[C@H](C)O/N=C1/c2cc(OC)c(OC)cc2-c2[nH]c3ccc(OCCN(C)C)cc3c21.O=C(O)/C=C/C(=O)O. The number of H-pyrrole nitrogens is 1. The van der Waals surface area contributed by atoms with Gasteiger partial charge < -0.3 is 39.1 Å². The number of likely N-dealkylation sites (N-methyl/N-ethyl adjacent to an activating group) is 1. The molecule has 1 heterocycles. The van der Waals surface area contributed by atoms with E-state index in [4.69, 9.17) is 35.7 Å². The Kier molecular flexibility index (Phi) is 9.78. The summed E-state index contributed by atoms with van der Waals surface area (Å²) < 4.78 is 17.0. The van der Waals surface area contributed by atoms with E-state index in [1.807, 2.05) is 44.4 Å². The number of nitrogens with one attached hydrogen (secondary N) is 1. The van der Waals surface area contributed by atoms with E-state index in [0.29, 0.717) is 36.0 Å². The predicted octanol–water partition coefficient (Wildman–Crippen LogP) is 3.61. The van der Waals surface area contributed by atoms with Crippen LogP contribution in [0, 0.1) is 12.3 Å². The molecule has 40 heavy (non-hydrogen) atoms. The Labute approximate surface area is 231 Å². The highest BCUT2D eigenvalue weighted by molar-refractivity contribution is 6.30. The van der Waals surface area contributed by atoms with Gasteiger partial charge in [0.15, 0.2) is 17.6 Å². The molecule has 0 unspecified atom stereocenters. The first-order valence-electron chi connectivity index (χ1n) is 12.1. The lowest BCUT2D eigenvalue weighted by atomic mass is 10.1. The molecule has 1 aliphatic carbocycles. The monoisotopic (exact) mass is 549 g/mol. The molecule has 4 rings (SSSR count). The minimum Gasteiger partial charge on any atom is -0.493 e. The van der Waals surface area contributed by atoms with Gasteiger partial charge in [-0.05, 0) is 51.4 Å². The topological polar surface area (TPSA) is 143 Å². The van der Waals surface area contributed by atoms with Gasteiger partial charge in [-0.2, -0.15) is 0 Å². The molecule has 0 aliphatic heterocycles. The van der Waals surface area contributed by atoms with Crippen LogP contribution in [0.3, 0.4) is 0 Å². The molecule has 3 N–H and O–H groups in total. The molecule has 0 bridgehead atoms. The lowest BCUT2D eigenvalue weighted by Gasteiger charge is -2.12. The van der Waals surface area contributed by atoms with Crippen molar-refractivity contribution in [3.8, 4) is 40.8 Å². The molecule has 0 amide bonds. The zero-order valence-corrected chi connectivity index (χ0v) is 22.8. The van der Waals surface area contributed by atoms with Crippen molar-refractivity contribution in [1.82, 2.24) is 9.88 Å². The maximum absolute atomic E-state index is 9.55. The Hall–Kier alpha value is -4.95. The molecule has 1 aromatic heterocycles. The quantitative estimate of drug-likeness (QED) is 0.154. The number of oxime groups is 1. The zero-order valence-electron chi connectivity index (χ0n) is 22.8. The summed E-state index contributed by atoms with van der Waals surface area (Å²) in [6.07, 6.45) is 6.14. The van der Waals surface area contributed by atoms with Crippen molar-refractivity contribution in [3.05, 3.63) is 53.6 Å². The number of aromatic nitrogens is 1. The molecular formula is C29H31N3O8. The van der Waals surface area contributed by atoms with Crippen LogP contribution in [0.5, 0.6) is 17.2 Å². The van der Waals surface area contributed by atoms with Crippen molar-refractivity contribution in [3.63, 3.8) is 0 Å². The summed E-state index contributed by atoms with van der Waals surface area (Å²) in [6, 6.07) is 9.87. The van der Waals surface area contributed by atoms with Gasteiger partial charge in [-0.15, -0.1) is 6.42 Å². The maximum atomic E-state index is 9.55. The molecule has 11 nitrogen and oxygen atoms in total. The largest absolute Gasteiger partial charge is 0.493 e. The zero-order chi connectivity index (χ0) is 29.4. The van der Waals surface area contributed by atoms with E-state index >= 15 is 0 Å². The van der Waals surface area contributed by atoms with Gasteiger partial charge in [0.05, 0.1) is 19.9 Å². The van der Waals surface area contributed by atoms with Crippen molar-refractivity contribution < 1.29 is 38.9 Å². The van der Waals surface area contributed by atoms with Crippen LogP contribution in [0.15, 0.2) is 47.6 Å². The van der Waals surface area contributed by atoms with Crippen molar-refractivity contribution in [2.45, 2.75) is 13.0 Å². The van der Waals surface area contributed by atoms with E-state index in [1.165, 1.54) is 0 Å². The van der Waals surface area contributed by atoms with Crippen molar-refractivity contribution in [1.29, 1.82) is 0 Å². The van der Waals surface area contributed by atoms with Crippen LogP contribution < -0.4 is 14.2 Å². The molecule has 0 radical (unpaired) electrons. The third-order valence-electron chi connectivity index (χ3n) is 5.77. The highest BCUT2D eigenvalue weighted by Crippen LogP contribution is 2.46. The van der Waals surface area contributed by atoms with Gasteiger partial charge in [0.25, 0.3) is 0 Å². The average molecular weight is 550 g/mol. The number of aliphatic carboxylic acids is 2. The van der Waals surface area contributed by atoms with Gasteiger partial charge in [-0.1, -0.05) is 11.1 Å². The Morgan fingerprint density at radius 3 is 2.25 bits per heavy atom. The molecule has 2 aromatic carbocycles. The molecule has 0 fully saturated rings. The number of carbonyl (C=O) groups is 2. The standard InChI is InChI=1S/C25H27N3O4.C4H4O4/c1-7-15(2)32-27-25-18-14-22(30-6)21(29-5)13-17(18)24-23(25)19-12-16(8-9-20(19)26-24)31-11-10-28(3)4;5-3(6)1-2-4(7)8/h1,8-9,12-15,26H,10-11H2,2-6H3;1-2H,(H,5,6)(H,7,8)/b27-25-;2-1+/t15-;/m0./s1. The Balaban J connectivity index is 0.000000482. The third kappa shape index (κ3) is 6.92. The number of carboxylic acids is 2. The Morgan fingerprint density at radius 1 is 1.07 bits per heavy atom. The fourth-order valence-corrected chi connectivity index (χ4v) is 3.87. The van der Waals surface area contributed by atoms with E-state index in [1.54, 1.807) is 21.1 Å². The summed E-state index contributed by atoms with van der Waals surface area (Å²) >= 11 is 0. The second-order valence-electron chi connectivity index (χ2n) is 8.85. The van der Waals surface area contributed by atoms with E-state index in [2.05, 4.69) is 21.0 Å². The van der Waals surface area contributed by atoms with Gasteiger partial charge in [0.1, 0.15) is 18.1 Å². The number of aromatic amines is 1. The van der Waals surface area contributed by atoms with Crippen molar-refractivity contribution >= 4 is 28.6 Å². The van der Waals surface area contributed by atoms with Crippen molar-refractivity contribution in [2.24, 2.45) is 5.16 Å². The second-order valence-corrected chi connectivity index (χ2v) is 8.85. The molecule has 0 saturated carbocycles. The van der Waals surface area contributed by atoms with E-state index in [-0.39, 0.29) is 0 Å². The predicted molar refractivity (Wildman–Crippen MR) is 150 cm³/mol. The van der Waals surface area contributed by atoms with Crippen LogP contribution in [0.2, 0.25) is 0 Å². The number of ether oxygens (including phenoxy) is 3. The number of fused-ring (bicyclic) bond motifs is 5. The minimum absolute atomic E-state index is 0.453. The maximum Gasteiger partial charge on any atom is 0.328 e. The van der Waals surface area contributed by atoms with Crippen LogP contribution >= 0.6 is 0 Å². The first-order chi connectivity index (χ1) is 19.1. The van der Waals surface area contributed by atoms with Crippen LogP contribution in [0.25, 0.3) is 22.2 Å². The number of benzene rings is 2. The molecule has 1 aliphatic rings. The fraction of sp³-hybridized carbons (Fsp3) is 0.276. The second kappa shape index (κ2) is 13.2. The Bertz CT molecular complexity index is 1480. The number of rotatable bonds is 10. The van der Waals surface area contributed by atoms with Gasteiger partial charge in [0.2, 0.25) is 0 Å². The molecular weight excluding hydrogens is 518 g/mol. The van der Waals surface area contributed by atoms with Gasteiger partial charge >= 0.3 is 11.9 Å². The first-order valence-corrected chi connectivity index (χ1v) is 12.1. The van der Waals surface area contributed by atoms with Crippen LogP contribution in [0.4, 0.5) is 0 Å². The molecule has 11 heteroatoms. The number of hydrogen-bond acceptors (Lipinski definition) is 8. The number of nitrogens with zero attached hydrogens (tertiary/aromatic N) is 2. The van der Waals surface area contributed by atoms with E-state index in [0.717, 1.165) is 45.6 Å². The molecule has 0 spiro atoms. The normalized spacial score (nSPS) is 13.3. The summed E-state index contributed by atoms with van der Waals surface area (Å²) in [5, 5.41) is 21.1. The summed E-state index contributed by atoms with van der Waals surface area (Å²) in [6.45, 7) is 3.21. The smallest absolute Gasteiger partial charge is 0.328 e. The summed E-state index contributed by atoms with van der Waals surface area (Å²) in [5.41, 5.74) is 5.39.